The fourth-order valence-corrected chi connectivity index (χ4v) is 3.63. The van der Waals surface area contributed by atoms with Gasteiger partial charge in [-0.2, -0.15) is 0 Å². The molecule has 0 aromatic heterocycles. The van der Waals surface area contributed by atoms with Crippen LogP contribution in [0.15, 0.2) is 40.9 Å². The van der Waals surface area contributed by atoms with Gasteiger partial charge in [0.1, 0.15) is 0 Å². The molecule has 2 rings (SSSR count). The molecule has 1 unspecified atom stereocenters. The van der Waals surface area contributed by atoms with E-state index in [1.165, 1.54) is 26.2 Å². The summed E-state index contributed by atoms with van der Waals surface area (Å²) in [6.45, 7) is 1.52. The number of nitrogens with zero attached hydrogens (tertiary/aromatic N) is 1. The molecule has 0 aliphatic carbocycles. The molecule has 34 heavy (non-hydrogen) atoms. The van der Waals surface area contributed by atoms with Crippen LogP contribution in [0.4, 0.5) is 5.69 Å². The van der Waals surface area contributed by atoms with E-state index in [4.69, 9.17) is 15.2 Å². The minimum atomic E-state index is -1.06. The van der Waals surface area contributed by atoms with Crippen molar-refractivity contribution in [3.8, 4) is 11.5 Å². The smallest absolute Gasteiger partial charge is 0.279 e. The van der Waals surface area contributed by atoms with Crippen LogP contribution in [0.5, 0.6) is 11.5 Å². The summed E-state index contributed by atoms with van der Waals surface area (Å²) in [6.07, 6.45) is -0.157. The molecule has 184 valence electrons. The Morgan fingerprint density at radius 3 is 2.47 bits per heavy atom. The largest absolute Gasteiger partial charge is 0.493 e. The molecule has 0 radical (unpaired) electrons. The van der Waals surface area contributed by atoms with Gasteiger partial charge in [-0.05, 0) is 43.5 Å². The summed E-state index contributed by atoms with van der Waals surface area (Å²) in [5.41, 5.74) is 6.11. The number of rotatable bonds is 13. The number of amides is 2. The number of primary amides is 1. The maximum absolute atomic E-state index is 12.4. The van der Waals surface area contributed by atoms with E-state index < -0.39 is 23.0 Å². The Bertz CT molecular complexity index is 1010. The van der Waals surface area contributed by atoms with Gasteiger partial charge >= 0.3 is 0 Å². The van der Waals surface area contributed by atoms with Crippen molar-refractivity contribution in [3.63, 3.8) is 0 Å². The summed E-state index contributed by atoms with van der Waals surface area (Å²) < 4.78 is 11.8. The molecule has 4 N–H and O–H groups in total. The molecule has 0 fully saturated rings. The number of hydrogen-bond acceptors (Lipinski definition) is 7. The van der Waals surface area contributed by atoms with Gasteiger partial charge in [-0.15, -0.1) is 0 Å². The second kappa shape index (κ2) is 12.9. The van der Waals surface area contributed by atoms with Gasteiger partial charge in [0.05, 0.1) is 36.4 Å². The van der Waals surface area contributed by atoms with E-state index in [2.05, 4.69) is 21.2 Å². The quantitative estimate of drug-likeness (QED) is 0.201. The number of methoxy groups -OCH3 is 1. The molecule has 11 heteroatoms. The van der Waals surface area contributed by atoms with Gasteiger partial charge in [-0.25, -0.2) is 0 Å². The van der Waals surface area contributed by atoms with Crippen LogP contribution in [0.1, 0.15) is 43.4 Å². The Balaban J connectivity index is 1.94. The Hall–Kier alpha value is -3.18. The highest BCUT2D eigenvalue weighted by atomic mass is 79.9. The normalized spacial score (nSPS) is 12.5. The maximum atomic E-state index is 12.4. The van der Waals surface area contributed by atoms with Crippen molar-refractivity contribution >= 4 is 33.4 Å². The fourth-order valence-electron chi connectivity index (χ4n) is 3.37. The summed E-state index contributed by atoms with van der Waals surface area (Å²) in [5.74, 6) is -0.405. The summed E-state index contributed by atoms with van der Waals surface area (Å²) in [5, 5.41) is 24.0. The van der Waals surface area contributed by atoms with Gasteiger partial charge < -0.3 is 25.6 Å². The van der Waals surface area contributed by atoms with Crippen LogP contribution in [0.2, 0.25) is 0 Å². The van der Waals surface area contributed by atoms with Crippen molar-refractivity contribution in [1.82, 2.24) is 5.32 Å². The maximum Gasteiger partial charge on any atom is 0.279 e. The van der Waals surface area contributed by atoms with Crippen molar-refractivity contribution in [2.75, 3.05) is 13.7 Å². The number of hydrogen-bond donors (Lipinski definition) is 3. The zero-order valence-corrected chi connectivity index (χ0v) is 20.5. The second-order valence-electron chi connectivity index (χ2n) is 7.71. The lowest BCUT2D eigenvalue weighted by Crippen LogP contribution is -2.39. The van der Waals surface area contributed by atoms with Crippen molar-refractivity contribution in [3.05, 3.63) is 62.1 Å². The average Bonchev–Trinajstić information content (AvgIpc) is 2.77. The number of ether oxygens (including phenoxy) is 2. The second-order valence-corrected chi connectivity index (χ2v) is 8.63. The Morgan fingerprint density at radius 2 is 1.91 bits per heavy atom. The molecule has 0 aliphatic rings. The SMILES string of the molecule is COc1cc(C(C)O)c([N+](=O)[O-])cc1OCCCC(=O)N[C@H](CC(N)=O)Cc1ccc(Br)cc1. The van der Waals surface area contributed by atoms with Crippen LogP contribution in [0.25, 0.3) is 0 Å². The van der Waals surface area contributed by atoms with Crippen LogP contribution in [0.3, 0.4) is 0 Å². The molecule has 0 saturated carbocycles. The first-order chi connectivity index (χ1) is 16.1. The van der Waals surface area contributed by atoms with E-state index in [0.29, 0.717) is 12.8 Å². The van der Waals surface area contributed by atoms with Crippen molar-refractivity contribution in [2.24, 2.45) is 5.73 Å². The fraction of sp³-hybridized carbons (Fsp3) is 0.391. The lowest BCUT2D eigenvalue weighted by molar-refractivity contribution is -0.386. The lowest BCUT2D eigenvalue weighted by Gasteiger charge is -2.18. The Morgan fingerprint density at radius 1 is 1.24 bits per heavy atom. The molecule has 10 nitrogen and oxygen atoms in total. The summed E-state index contributed by atoms with van der Waals surface area (Å²) in [6, 6.07) is 9.66. The molecule has 0 aliphatic heterocycles. The number of aliphatic hydroxyl groups excluding tert-OH is 1. The number of carbonyl (C=O) groups is 2. The van der Waals surface area contributed by atoms with Gasteiger partial charge in [-0.3, -0.25) is 19.7 Å². The van der Waals surface area contributed by atoms with Crippen molar-refractivity contribution in [2.45, 2.75) is 44.8 Å². The topological polar surface area (TPSA) is 154 Å². The molecular formula is C23H28BrN3O7. The van der Waals surface area contributed by atoms with Gasteiger partial charge in [0.15, 0.2) is 11.5 Å². The molecular weight excluding hydrogens is 510 g/mol. The molecule has 0 heterocycles. The molecule has 2 aromatic carbocycles. The number of nitro groups is 1. The lowest BCUT2D eigenvalue weighted by atomic mass is 10.0. The zero-order valence-electron chi connectivity index (χ0n) is 19.0. The monoisotopic (exact) mass is 537 g/mol. The van der Waals surface area contributed by atoms with Crippen LogP contribution in [-0.2, 0) is 16.0 Å². The molecule has 0 spiro atoms. The van der Waals surface area contributed by atoms with E-state index in [0.717, 1.165) is 10.0 Å². The molecule has 2 amide bonds. The highest BCUT2D eigenvalue weighted by Crippen LogP contribution is 2.37. The predicted molar refractivity (Wildman–Crippen MR) is 129 cm³/mol. The number of nitro benzene ring substituents is 1. The molecule has 2 atom stereocenters. The third-order valence-electron chi connectivity index (χ3n) is 4.97. The van der Waals surface area contributed by atoms with Crippen molar-refractivity contribution < 1.29 is 29.1 Å². The number of aliphatic hydroxyl groups is 1. The van der Waals surface area contributed by atoms with Crippen molar-refractivity contribution in [1.29, 1.82) is 0 Å². The zero-order chi connectivity index (χ0) is 25.3. The first kappa shape index (κ1) is 27.1. The van der Waals surface area contributed by atoms with E-state index in [1.54, 1.807) is 0 Å². The van der Waals surface area contributed by atoms with Crippen LogP contribution >= 0.6 is 15.9 Å². The van der Waals surface area contributed by atoms with E-state index in [9.17, 15) is 24.8 Å². The average molecular weight is 538 g/mol. The number of benzene rings is 2. The third kappa shape index (κ3) is 8.31. The van der Waals surface area contributed by atoms with Gasteiger partial charge in [-0.1, -0.05) is 28.1 Å². The Labute approximate surface area is 205 Å². The summed E-state index contributed by atoms with van der Waals surface area (Å²) in [4.78, 5) is 34.6. The number of nitrogens with two attached hydrogens (primary N) is 1. The molecule has 2 aromatic rings. The summed E-state index contributed by atoms with van der Waals surface area (Å²) >= 11 is 3.37. The van der Waals surface area contributed by atoms with Gasteiger partial charge in [0, 0.05) is 23.4 Å². The first-order valence-electron chi connectivity index (χ1n) is 10.6. The third-order valence-corrected chi connectivity index (χ3v) is 5.50. The minimum Gasteiger partial charge on any atom is -0.493 e. The van der Waals surface area contributed by atoms with E-state index in [1.807, 2.05) is 24.3 Å². The minimum absolute atomic E-state index is 0.00873. The predicted octanol–water partition coefficient (Wildman–Crippen LogP) is 3.18. The van der Waals surface area contributed by atoms with Crippen LogP contribution in [-0.4, -0.2) is 41.6 Å². The van der Waals surface area contributed by atoms with Crippen LogP contribution < -0.4 is 20.5 Å². The highest BCUT2D eigenvalue weighted by molar-refractivity contribution is 9.10. The number of nitrogens with one attached hydrogen (secondary N) is 1. The number of carbonyl (C=O) groups excluding carboxylic acids is 2. The standard InChI is InChI=1S/C23H28BrN3O7/c1-14(28)18-12-20(33-2)21(13-19(18)27(31)32)34-9-3-4-23(30)26-17(11-22(25)29)10-15-5-7-16(24)8-6-15/h5-8,12-14,17,28H,3-4,9-11H2,1-2H3,(H2,25,29)(H,26,30)/t14?,17-/m0/s1. The molecule has 0 bridgehead atoms. The summed E-state index contributed by atoms with van der Waals surface area (Å²) in [7, 11) is 1.39. The van der Waals surface area contributed by atoms with E-state index in [-0.39, 0.29) is 48.1 Å². The highest BCUT2D eigenvalue weighted by Gasteiger charge is 2.23. The van der Waals surface area contributed by atoms with Gasteiger partial charge in [0.25, 0.3) is 5.69 Å². The first-order valence-corrected chi connectivity index (χ1v) is 11.4. The van der Waals surface area contributed by atoms with Crippen LogP contribution in [0, 0.1) is 10.1 Å². The van der Waals surface area contributed by atoms with Gasteiger partial charge in [0.2, 0.25) is 11.8 Å². The number of halogens is 1. The Kier molecular flexibility index (Phi) is 10.3. The van der Waals surface area contributed by atoms with E-state index >= 15 is 0 Å². The molecule has 0 saturated heterocycles.